The average Bonchev–Trinajstić information content (AvgIpc) is 2.17. The Bertz CT molecular complexity index is 496. The number of phenolic OH excluding ortho intramolecular Hbond substituents is 1. The van der Waals surface area contributed by atoms with Crippen molar-refractivity contribution in [3.05, 3.63) is 29.2 Å². The zero-order valence-corrected chi connectivity index (χ0v) is 8.70. The van der Waals surface area contributed by atoms with Crippen molar-refractivity contribution in [2.75, 3.05) is 6.54 Å². The maximum atomic E-state index is 9.31. The van der Waals surface area contributed by atoms with Gasteiger partial charge in [0.2, 0.25) is 5.28 Å². The predicted molar refractivity (Wildman–Crippen MR) is 59.0 cm³/mol. The molecule has 0 saturated carbocycles. The van der Waals surface area contributed by atoms with Crippen LogP contribution < -0.4 is 5.73 Å². The van der Waals surface area contributed by atoms with Gasteiger partial charge >= 0.3 is 0 Å². The van der Waals surface area contributed by atoms with Gasteiger partial charge in [-0.05, 0) is 30.3 Å². The summed E-state index contributed by atoms with van der Waals surface area (Å²) in [6.07, 6.45) is 0.642. The normalized spacial score (nSPS) is 10.8. The SMILES string of the molecule is NCCc1nc(Cl)nc2cc(O)ccc12. The molecule has 1 heterocycles. The van der Waals surface area contributed by atoms with Crippen molar-refractivity contribution in [1.82, 2.24) is 9.97 Å². The molecule has 4 nitrogen and oxygen atoms in total. The number of hydrogen-bond donors (Lipinski definition) is 2. The van der Waals surface area contributed by atoms with Crippen LogP contribution in [0, 0.1) is 0 Å². The lowest BCUT2D eigenvalue weighted by atomic mass is 10.1. The summed E-state index contributed by atoms with van der Waals surface area (Å²) in [6, 6.07) is 4.93. The van der Waals surface area contributed by atoms with Gasteiger partial charge in [-0.2, -0.15) is 0 Å². The minimum Gasteiger partial charge on any atom is -0.508 e. The maximum Gasteiger partial charge on any atom is 0.223 e. The molecule has 3 N–H and O–H groups in total. The summed E-state index contributed by atoms with van der Waals surface area (Å²) >= 11 is 5.77. The standard InChI is InChI=1S/C10H10ClN3O/c11-10-13-8(3-4-12)7-2-1-6(15)5-9(7)14-10/h1-2,5,15H,3-4,12H2. The molecule has 0 radical (unpaired) electrons. The molecule has 1 aromatic heterocycles. The number of nitrogens with two attached hydrogens (primary N) is 1. The summed E-state index contributed by atoms with van der Waals surface area (Å²) in [6.45, 7) is 0.503. The Labute approximate surface area is 91.7 Å². The highest BCUT2D eigenvalue weighted by molar-refractivity contribution is 6.28. The fraction of sp³-hybridized carbons (Fsp3) is 0.200. The number of fused-ring (bicyclic) bond motifs is 1. The van der Waals surface area contributed by atoms with E-state index in [0.29, 0.717) is 18.5 Å². The quantitative estimate of drug-likeness (QED) is 0.757. The Morgan fingerprint density at radius 3 is 2.87 bits per heavy atom. The van der Waals surface area contributed by atoms with Crippen molar-refractivity contribution in [2.24, 2.45) is 5.73 Å². The largest absolute Gasteiger partial charge is 0.508 e. The fourth-order valence-corrected chi connectivity index (χ4v) is 1.67. The van der Waals surface area contributed by atoms with Gasteiger partial charge in [0.1, 0.15) is 5.75 Å². The molecule has 0 unspecified atom stereocenters. The van der Waals surface area contributed by atoms with Crippen molar-refractivity contribution in [1.29, 1.82) is 0 Å². The number of phenols is 1. The summed E-state index contributed by atoms with van der Waals surface area (Å²) in [4.78, 5) is 8.15. The molecule has 15 heavy (non-hydrogen) atoms. The van der Waals surface area contributed by atoms with E-state index in [-0.39, 0.29) is 11.0 Å². The molecule has 0 aliphatic rings. The number of nitrogens with zero attached hydrogens (tertiary/aromatic N) is 2. The van der Waals surface area contributed by atoms with Gasteiger partial charge in [0.05, 0.1) is 11.2 Å². The second-order valence-corrected chi connectivity index (χ2v) is 3.52. The van der Waals surface area contributed by atoms with Gasteiger partial charge in [0.15, 0.2) is 0 Å². The van der Waals surface area contributed by atoms with Crippen LogP contribution in [0.3, 0.4) is 0 Å². The summed E-state index contributed by atoms with van der Waals surface area (Å²) in [5.41, 5.74) is 6.93. The first kappa shape index (κ1) is 10.1. The highest BCUT2D eigenvalue weighted by atomic mass is 35.5. The zero-order valence-electron chi connectivity index (χ0n) is 7.94. The Kier molecular flexibility index (Phi) is 2.70. The lowest BCUT2D eigenvalue weighted by Gasteiger charge is -2.04. The van der Waals surface area contributed by atoms with E-state index in [0.717, 1.165) is 11.1 Å². The van der Waals surface area contributed by atoms with Gasteiger partial charge < -0.3 is 10.8 Å². The minimum atomic E-state index is 0.163. The third-order valence-electron chi connectivity index (χ3n) is 2.11. The summed E-state index contributed by atoms with van der Waals surface area (Å²) in [7, 11) is 0. The molecule has 0 amide bonds. The smallest absolute Gasteiger partial charge is 0.223 e. The first-order valence-corrected chi connectivity index (χ1v) is 4.93. The first-order valence-electron chi connectivity index (χ1n) is 4.56. The van der Waals surface area contributed by atoms with Crippen LogP contribution in [0.1, 0.15) is 5.69 Å². The van der Waals surface area contributed by atoms with Crippen molar-refractivity contribution in [3.8, 4) is 5.75 Å². The third kappa shape index (κ3) is 2.00. The van der Waals surface area contributed by atoms with Crippen LogP contribution in [0.5, 0.6) is 5.75 Å². The molecular formula is C10H10ClN3O. The van der Waals surface area contributed by atoms with Crippen LogP contribution in [0.25, 0.3) is 10.9 Å². The van der Waals surface area contributed by atoms with Crippen molar-refractivity contribution < 1.29 is 5.11 Å². The van der Waals surface area contributed by atoms with Crippen LogP contribution in [0.4, 0.5) is 0 Å². The first-order chi connectivity index (χ1) is 7.20. The van der Waals surface area contributed by atoms with Gasteiger partial charge in [0.25, 0.3) is 0 Å². The molecule has 1 aromatic carbocycles. The van der Waals surface area contributed by atoms with Gasteiger partial charge in [-0.25, -0.2) is 9.97 Å². The topological polar surface area (TPSA) is 72.0 Å². The average molecular weight is 224 g/mol. The van der Waals surface area contributed by atoms with Gasteiger partial charge in [-0.1, -0.05) is 0 Å². The molecule has 78 valence electrons. The summed E-state index contributed by atoms with van der Waals surface area (Å²) in [5.74, 6) is 0.163. The second kappa shape index (κ2) is 4.00. The molecule has 0 atom stereocenters. The molecule has 2 aromatic rings. The van der Waals surface area contributed by atoms with Crippen LogP contribution in [0.2, 0.25) is 5.28 Å². The number of halogens is 1. The van der Waals surface area contributed by atoms with Gasteiger partial charge in [-0.15, -0.1) is 0 Å². The fourth-order valence-electron chi connectivity index (χ4n) is 1.48. The van der Waals surface area contributed by atoms with Gasteiger partial charge in [0, 0.05) is 17.9 Å². The van der Waals surface area contributed by atoms with E-state index in [9.17, 15) is 5.11 Å². The van der Waals surface area contributed by atoms with Crippen LogP contribution in [-0.4, -0.2) is 21.6 Å². The van der Waals surface area contributed by atoms with E-state index >= 15 is 0 Å². The molecule has 0 aliphatic heterocycles. The molecule has 0 aliphatic carbocycles. The third-order valence-corrected chi connectivity index (χ3v) is 2.28. The Morgan fingerprint density at radius 2 is 2.13 bits per heavy atom. The Balaban J connectivity index is 2.68. The lowest BCUT2D eigenvalue weighted by Crippen LogP contribution is -2.05. The van der Waals surface area contributed by atoms with E-state index in [4.69, 9.17) is 17.3 Å². The van der Waals surface area contributed by atoms with Crippen molar-refractivity contribution in [2.45, 2.75) is 6.42 Å². The number of aromatic nitrogens is 2. The van der Waals surface area contributed by atoms with E-state index in [2.05, 4.69) is 9.97 Å². The van der Waals surface area contributed by atoms with Crippen LogP contribution >= 0.6 is 11.6 Å². The highest BCUT2D eigenvalue weighted by Gasteiger charge is 2.06. The lowest BCUT2D eigenvalue weighted by molar-refractivity contribution is 0.476. The molecule has 0 bridgehead atoms. The van der Waals surface area contributed by atoms with E-state index in [1.54, 1.807) is 18.2 Å². The minimum absolute atomic E-state index is 0.163. The predicted octanol–water partition coefficient (Wildman–Crippen LogP) is 1.49. The number of benzene rings is 1. The van der Waals surface area contributed by atoms with Crippen molar-refractivity contribution >= 4 is 22.5 Å². The second-order valence-electron chi connectivity index (χ2n) is 3.18. The molecule has 0 spiro atoms. The molecular weight excluding hydrogens is 214 g/mol. The maximum absolute atomic E-state index is 9.31. The summed E-state index contributed by atoms with van der Waals surface area (Å²) in [5, 5.41) is 10.4. The monoisotopic (exact) mass is 223 g/mol. The van der Waals surface area contributed by atoms with Crippen LogP contribution in [-0.2, 0) is 6.42 Å². The van der Waals surface area contributed by atoms with Gasteiger partial charge in [-0.3, -0.25) is 0 Å². The Hall–Kier alpha value is -1.39. The van der Waals surface area contributed by atoms with E-state index in [1.165, 1.54) is 0 Å². The van der Waals surface area contributed by atoms with E-state index < -0.39 is 0 Å². The molecule has 0 fully saturated rings. The van der Waals surface area contributed by atoms with Crippen molar-refractivity contribution in [3.63, 3.8) is 0 Å². The van der Waals surface area contributed by atoms with Crippen LogP contribution in [0.15, 0.2) is 18.2 Å². The molecule has 2 rings (SSSR count). The number of rotatable bonds is 2. The van der Waals surface area contributed by atoms with E-state index in [1.807, 2.05) is 0 Å². The molecule has 0 saturated heterocycles. The number of aromatic hydroxyl groups is 1. The highest BCUT2D eigenvalue weighted by Crippen LogP contribution is 2.22. The zero-order chi connectivity index (χ0) is 10.8. The molecule has 5 heteroatoms. The number of hydrogen-bond acceptors (Lipinski definition) is 4. The summed E-state index contributed by atoms with van der Waals surface area (Å²) < 4.78 is 0. The Morgan fingerprint density at radius 1 is 1.33 bits per heavy atom.